The molecule has 5 heteroatoms. The highest BCUT2D eigenvalue weighted by atomic mass is 16.2. The van der Waals surface area contributed by atoms with Crippen LogP contribution in [-0.4, -0.2) is 39.9 Å². The fourth-order valence-electron chi connectivity index (χ4n) is 4.98. The smallest absolute Gasteiger partial charge is 0.316 e. The summed E-state index contributed by atoms with van der Waals surface area (Å²) in [7, 11) is 0. The molecule has 2 heterocycles. The van der Waals surface area contributed by atoms with Gasteiger partial charge >= 0.3 is 11.8 Å². The van der Waals surface area contributed by atoms with Gasteiger partial charge in [0, 0.05) is 28.8 Å². The number of anilines is 1. The molecule has 5 nitrogen and oxygen atoms in total. The van der Waals surface area contributed by atoms with E-state index in [0.717, 1.165) is 17.7 Å². The van der Waals surface area contributed by atoms with E-state index >= 15 is 0 Å². The van der Waals surface area contributed by atoms with Crippen molar-refractivity contribution in [1.29, 1.82) is 0 Å². The molecule has 2 N–H and O–H groups in total. The molecular formula is C20H29N3O2. The maximum atomic E-state index is 13.3. The summed E-state index contributed by atoms with van der Waals surface area (Å²) in [5.41, 5.74) is 7.28. The number of carbonyl (C=O) groups is 2. The Labute approximate surface area is 150 Å². The van der Waals surface area contributed by atoms with E-state index in [0.29, 0.717) is 12.8 Å². The molecule has 1 aromatic rings. The van der Waals surface area contributed by atoms with Crippen LogP contribution in [0.4, 0.5) is 5.69 Å². The Bertz CT molecular complexity index is 693. The third-order valence-electron chi connectivity index (χ3n) is 5.55. The highest BCUT2D eigenvalue weighted by Crippen LogP contribution is 2.39. The number of likely N-dealkylation sites (tertiary alicyclic amines) is 1. The average Bonchev–Trinajstić information content (AvgIpc) is 2.78. The molecule has 1 saturated heterocycles. The first-order chi connectivity index (χ1) is 11.5. The zero-order valence-electron chi connectivity index (χ0n) is 15.9. The van der Waals surface area contributed by atoms with Crippen LogP contribution in [0.25, 0.3) is 0 Å². The number of carbonyl (C=O) groups excluding carboxylic acids is 2. The molecule has 136 valence electrons. The Morgan fingerprint density at radius 1 is 1.04 bits per heavy atom. The summed E-state index contributed by atoms with van der Waals surface area (Å²) in [5, 5.41) is 0. The molecule has 25 heavy (non-hydrogen) atoms. The summed E-state index contributed by atoms with van der Waals surface area (Å²) in [4.78, 5) is 29.9. The van der Waals surface area contributed by atoms with E-state index < -0.39 is 22.9 Å². The van der Waals surface area contributed by atoms with Crippen LogP contribution in [0.3, 0.4) is 0 Å². The van der Waals surface area contributed by atoms with Crippen LogP contribution < -0.4 is 10.6 Å². The van der Waals surface area contributed by atoms with Crippen LogP contribution >= 0.6 is 0 Å². The number of benzene rings is 1. The minimum atomic E-state index is -0.448. The highest BCUT2D eigenvalue weighted by Gasteiger charge is 2.50. The molecule has 0 aliphatic carbocycles. The summed E-state index contributed by atoms with van der Waals surface area (Å²) >= 11 is 0. The maximum absolute atomic E-state index is 13.3. The SMILES string of the molecule is CC1Cc2ccccc2N1C(=O)C(=O)N1C(C)(C)CC(N)CC1(C)C. The van der Waals surface area contributed by atoms with E-state index in [1.165, 1.54) is 0 Å². The lowest BCUT2D eigenvalue weighted by Crippen LogP contribution is -2.67. The van der Waals surface area contributed by atoms with Crippen LogP contribution in [0.2, 0.25) is 0 Å². The fourth-order valence-corrected chi connectivity index (χ4v) is 4.98. The lowest BCUT2D eigenvalue weighted by atomic mass is 9.77. The molecule has 0 bridgehead atoms. The average molecular weight is 343 g/mol. The zero-order chi connectivity index (χ0) is 18.6. The number of nitrogens with two attached hydrogens (primary N) is 1. The Kier molecular flexibility index (Phi) is 4.18. The summed E-state index contributed by atoms with van der Waals surface area (Å²) in [6.07, 6.45) is 2.18. The number of para-hydroxylation sites is 1. The molecule has 0 saturated carbocycles. The van der Waals surface area contributed by atoms with Gasteiger partial charge in [0.05, 0.1) is 0 Å². The predicted molar refractivity (Wildman–Crippen MR) is 99.3 cm³/mol. The third kappa shape index (κ3) is 2.95. The van der Waals surface area contributed by atoms with E-state index in [2.05, 4.69) is 0 Å². The van der Waals surface area contributed by atoms with Crippen LogP contribution in [0.15, 0.2) is 24.3 Å². The Balaban J connectivity index is 1.94. The van der Waals surface area contributed by atoms with Gasteiger partial charge < -0.3 is 15.5 Å². The van der Waals surface area contributed by atoms with E-state index in [-0.39, 0.29) is 12.1 Å². The van der Waals surface area contributed by atoms with Crippen molar-refractivity contribution in [2.24, 2.45) is 5.73 Å². The summed E-state index contributed by atoms with van der Waals surface area (Å²) in [6.45, 7) is 9.99. The van der Waals surface area contributed by atoms with Crippen molar-refractivity contribution in [3.63, 3.8) is 0 Å². The van der Waals surface area contributed by atoms with Gasteiger partial charge in [-0.25, -0.2) is 0 Å². The lowest BCUT2D eigenvalue weighted by Gasteiger charge is -2.54. The molecular weight excluding hydrogens is 314 g/mol. The van der Waals surface area contributed by atoms with Crippen LogP contribution in [0.1, 0.15) is 53.0 Å². The van der Waals surface area contributed by atoms with Crippen molar-refractivity contribution in [2.75, 3.05) is 4.90 Å². The number of nitrogens with zero attached hydrogens (tertiary/aromatic N) is 2. The normalized spacial score (nSPS) is 25.0. The van der Waals surface area contributed by atoms with Crippen molar-refractivity contribution in [3.05, 3.63) is 29.8 Å². The monoisotopic (exact) mass is 343 g/mol. The molecule has 1 fully saturated rings. The molecule has 2 amide bonds. The molecule has 0 aromatic heterocycles. The molecule has 1 unspecified atom stereocenters. The first-order valence-corrected chi connectivity index (χ1v) is 9.06. The van der Waals surface area contributed by atoms with Crippen molar-refractivity contribution >= 4 is 17.5 Å². The number of piperidine rings is 1. The van der Waals surface area contributed by atoms with Gasteiger partial charge in [-0.3, -0.25) is 9.59 Å². The van der Waals surface area contributed by atoms with Crippen molar-refractivity contribution < 1.29 is 9.59 Å². The topological polar surface area (TPSA) is 66.6 Å². The van der Waals surface area contributed by atoms with E-state index in [9.17, 15) is 9.59 Å². The fraction of sp³-hybridized carbons (Fsp3) is 0.600. The standard InChI is InChI=1S/C20H29N3O2/c1-13-10-14-8-6-7-9-16(14)22(13)17(24)18(25)23-19(2,3)11-15(21)12-20(23,4)5/h6-9,13,15H,10-12,21H2,1-5H3. The van der Waals surface area contributed by atoms with Gasteiger partial charge in [0.2, 0.25) is 0 Å². The molecule has 1 atom stereocenters. The minimum Gasteiger partial charge on any atom is -0.328 e. The molecule has 0 radical (unpaired) electrons. The lowest BCUT2D eigenvalue weighted by molar-refractivity contribution is -0.158. The first-order valence-electron chi connectivity index (χ1n) is 9.06. The number of hydrogen-bond donors (Lipinski definition) is 1. The third-order valence-corrected chi connectivity index (χ3v) is 5.55. The Hall–Kier alpha value is -1.88. The van der Waals surface area contributed by atoms with E-state index in [4.69, 9.17) is 5.73 Å². The molecule has 2 aliphatic rings. The van der Waals surface area contributed by atoms with Crippen molar-refractivity contribution in [1.82, 2.24) is 4.90 Å². The number of amides is 2. The Morgan fingerprint density at radius 2 is 1.60 bits per heavy atom. The molecule has 1 aromatic carbocycles. The zero-order valence-corrected chi connectivity index (χ0v) is 15.9. The number of hydrogen-bond acceptors (Lipinski definition) is 3. The number of fused-ring (bicyclic) bond motifs is 1. The second-order valence-corrected chi connectivity index (χ2v) is 8.79. The molecule has 0 spiro atoms. The van der Waals surface area contributed by atoms with Gasteiger partial charge in [0.1, 0.15) is 0 Å². The van der Waals surface area contributed by atoms with E-state index in [1.807, 2.05) is 58.9 Å². The van der Waals surface area contributed by atoms with Gasteiger partial charge in [0.25, 0.3) is 0 Å². The quantitative estimate of drug-likeness (QED) is 0.736. The van der Waals surface area contributed by atoms with Crippen LogP contribution in [0, 0.1) is 0 Å². The minimum absolute atomic E-state index is 0.00729. The van der Waals surface area contributed by atoms with Gasteiger partial charge in [-0.1, -0.05) is 18.2 Å². The second kappa shape index (κ2) is 5.84. The largest absolute Gasteiger partial charge is 0.328 e. The van der Waals surface area contributed by atoms with Crippen LogP contribution in [-0.2, 0) is 16.0 Å². The second-order valence-electron chi connectivity index (χ2n) is 8.79. The number of rotatable bonds is 0. The van der Waals surface area contributed by atoms with Crippen LogP contribution in [0.5, 0.6) is 0 Å². The van der Waals surface area contributed by atoms with Crippen molar-refractivity contribution in [3.8, 4) is 0 Å². The predicted octanol–water partition coefficient (Wildman–Crippen LogP) is 2.47. The summed E-state index contributed by atoms with van der Waals surface area (Å²) in [5.74, 6) is -0.862. The van der Waals surface area contributed by atoms with E-state index in [1.54, 1.807) is 9.80 Å². The van der Waals surface area contributed by atoms with Crippen molar-refractivity contribution in [2.45, 2.75) is 77.0 Å². The first kappa shape index (κ1) is 17.9. The van der Waals surface area contributed by atoms with Gasteiger partial charge in [-0.15, -0.1) is 0 Å². The maximum Gasteiger partial charge on any atom is 0.316 e. The summed E-state index contributed by atoms with van der Waals surface area (Å²) in [6, 6.07) is 7.86. The van der Waals surface area contributed by atoms with Gasteiger partial charge in [-0.2, -0.15) is 0 Å². The van der Waals surface area contributed by atoms with Gasteiger partial charge in [-0.05, 0) is 65.5 Å². The summed E-state index contributed by atoms with van der Waals surface area (Å²) < 4.78 is 0. The van der Waals surface area contributed by atoms with Gasteiger partial charge in [0.15, 0.2) is 0 Å². The molecule has 2 aliphatic heterocycles. The molecule has 3 rings (SSSR count). The highest BCUT2D eigenvalue weighted by molar-refractivity contribution is 6.41. The Morgan fingerprint density at radius 3 is 2.20 bits per heavy atom.